The van der Waals surface area contributed by atoms with Crippen molar-refractivity contribution in [3.05, 3.63) is 35.4 Å². The van der Waals surface area contributed by atoms with Crippen molar-refractivity contribution >= 4 is 23.1 Å². The molecule has 1 unspecified atom stereocenters. The number of benzene rings is 2. The van der Waals surface area contributed by atoms with Crippen molar-refractivity contribution < 1.29 is 28.5 Å². The van der Waals surface area contributed by atoms with Crippen molar-refractivity contribution in [2.45, 2.75) is 53.9 Å². The van der Waals surface area contributed by atoms with Crippen LogP contribution in [0.25, 0.3) is 10.8 Å². The van der Waals surface area contributed by atoms with E-state index in [-0.39, 0.29) is 18.4 Å². The van der Waals surface area contributed by atoms with E-state index >= 15 is 0 Å². The SMILES string of the molecule is CC(C)COC(=O)Oc1c2c(c(OC(=O)OCC(C)C)c3ccccc13)CC(C)CC2. The quantitative estimate of drug-likeness (QED) is 0.397. The second-order valence-electron chi connectivity index (χ2n) is 9.12. The van der Waals surface area contributed by atoms with Crippen LogP contribution in [0.3, 0.4) is 0 Å². The van der Waals surface area contributed by atoms with Gasteiger partial charge in [-0.2, -0.15) is 0 Å². The number of fused-ring (bicyclic) bond motifs is 2. The highest BCUT2D eigenvalue weighted by Gasteiger charge is 2.29. The lowest BCUT2D eigenvalue weighted by atomic mass is 9.82. The van der Waals surface area contributed by atoms with Crippen molar-refractivity contribution in [3.63, 3.8) is 0 Å². The van der Waals surface area contributed by atoms with Gasteiger partial charge in [-0.15, -0.1) is 0 Å². The first kappa shape index (κ1) is 22.9. The standard InChI is InChI=1S/C25H32O6/c1-15(2)13-28-24(26)30-22-18-8-6-7-9-19(18)23(31-25(27)29-14-16(3)4)21-12-17(5)10-11-20(21)22/h6-9,15-17H,10-14H2,1-5H3. The number of carbonyl (C=O) groups is 2. The second-order valence-corrected chi connectivity index (χ2v) is 9.12. The summed E-state index contributed by atoms with van der Waals surface area (Å²) in [5.41, 5.74) is 1.79. The minimum absolute atomic E-state index is 0.214. The predicted molar refractivity (Wildman–Crippen MR) is 119 cm³/mol. The van der Waals surface area contributed by atoms with Gasteiger partial charge in [0.25, 0.3) is 0 Å². The van der Waals surface area contributed by atoms with Gasteiger partial charge in [-0.25, -0.2) is 9.59 Å². The maximum absolute atomic E-state index is 12.4. The predicted octanol–water partition coefficient (Wildman–Crippen LogP) is 6.31. The summed E-state index contributed by atoms with van der Waals surface area (Å²) >= 11 is 0. The molecule has 6 nitrogen and oxygen atoms in total. The van der Waals surface area contributed by atoms with Gasteiger partial charge in [-0.3, -0.25) is 0 Å². The molecule has 1 atom stereocenters. The van der Waals surface area contributed by atoms with Crippen molar-refractivity contribution in [1.29, 1.82) is 0 Å². The highest BCUT2D eigenvalue weighted by molar-refractivity contribution is 5.98. The Morgan fingerprint density at radius 3 is 1.84 bits per heavy atom. The molecule has 3 rings (SSSR count). The topological polar surface area (TPSA) is 71.1 Å². The van der Waals surface area contributed by atoms with Gasteiger partial charge in [0, 0.05) is 21.9 Å². The Bertz CT molecular complexity index is 947. The maximum atomic E-state index is 12.4. The van der Waals surface area contributed by atoms with Gasteiger partial charge in [0.2, 0.25) is 0 Å². The third-order valence-electron chi connectivity index (χ3n) is 5.21. The lowest BCUT2D eigenvalue weighted by molar-refractivity contribution is 0.0865. The first-order chi connectivity index (χ1) is 14.8. The molecule has 0 N–H and O–H groups in total. The zero-order chi connectivity index (χ0) is 22.5. The molecule has 0 spiro atoms. The van der Waals surface area contributed by atoms with Crippen molar-refractivity contribution in [2.24, 2.45) is 17.8 Å². The lowest BCUT2D eigenvalue weighted by Crippen LogP contribution is -2.20. The average molecular weight is 429 g/mol. The molecule has 0 bridgehead atoms. The third kappa shape index (κ3) is 5.69. The smallest absolute Gasteiger partial charge is 0.434 e. The van der Waals surface area contributed by atoms with Crippen LogP contribution < -0.4 is 9.47 Å². The molecule has 0 aromatic heterocycles. The Morgan fingerprint density at radius 1 is 0.871 bits per heavy atom. The molecule has 0 amide bonds. The second kappa shape index (κ2) is 10.0. The normalized spacial score (nSPS) is 15.6. The van der Waals surface area contributed by atoms with E-state index in [9.17, 15) is 9.59 Å². The molecular formula is C25H32O6. The van der Waals surface area contributed by atoms with Crippen LogP contribution in [-0.4, -0.2) is 25.5 Å². The largest absolute Gasteiger partial charge is 0.513 e. The summed E-state index contributed by atoms with van der Waals surface area (Å²) < 4.78 is 22.0. The Hall–Kier alpha value is -2.76. The van der Waals surface area contributed by atoms with E-state index in [2.05, 4.69) is 6.92 Å². The van der Waals surface area contributed by atoms with Crippen LogP contribution in [0, 0.1) is 17.8 Å². The van der Waals surface area contributed by atoms with E-state index in [0.29, 0.717) is 34.8 Å². The fourth-order valence-corrected chi connectivity index (χ4v) is 3.73. The van der Waals surface area contributed by atoms with Crippen molar-refractivity contribution in [2.75, 3.05) is 13.2 Å². The molecule has 1 aliphatic carbocycles. The first-order valence-corrected chi connectivity index (χ1v) is 11.0. The monoisotopic (exact) mass is 428 g/mol. The van der Waals surface area contributed by atoms with E-state index in [4.69, 9.17) is 18.9 Å². The van der Waals surface area contributed by atoms with E-state index in [1.54, 1.807) is 0 Å². The van der Waals surface area contributed by atoms with Crippen molar-refractivity contribution in [3.8, 4) is 11.5 Å². The van der Waals surface area contributed by atoms with Gasteiger partial charge in [0.15, 0.2) is 0 Å². The van der Waals surface area contributed by atoms with Crippen LogP contribution in [0.1, 0.15) is 52.2 Å². The number of hydrogen-bond donors (Lipinski definition) is 0. The summed E-state index contributed by atoms with van der Waals surface area (Å²) in [7, 11) is 0. The Kier molecular flexibility index (Phi) is 7.42. The molecule has 0 saturated heterocycles. The summed E-state index contributed by atoms with van der Waals surface area (Å²) in [5.74, 6) is 1.84. The molecule has 168 valence electrons. The number of hydrogen-bond acceptors (Lipinski definition) is 6. The lowest BCUT2D eigenvalue weighted by Gasteiger charge is -2.27. The highest BCUT2D eigenvalue weighted by Crippen LogP contribution is 2.45. The molecule has 6 heteroatoms. The number of carbonyl (C=O) groups excluding carboxylic acids is 2. The number of rotatable bonds is 6. The zero-order valence-corrected chi connectivity index (χ0v) is 19.0. The molecule has 0 fully saturated rings. The molecular weight excluding hydrogens is 396 g/mol. The first-order valence-electron chi connectivity index (χ1n) is 11.0. The van der Waals surface area contributed by atoms with Crippen LogP contribution in [0.4, 0.5) is 9.59 Å². The van der Waals surface area contributed by atoms with Gasteiger partial charge in [-0.05, 0) is 37.0 Å². The fraction of sp³-hybridized carbons (Fsp3) is 0.520. The Morgan fingerprint density at radius 2 is 1.35 bits per heavy atom. The van der Waals surface area contributed by atoms with E-state index in [1.165, 1.54) is 0 Å². The summed E-state index contributed by atoms with van der Waals surface area (Å²) in [4.78, 5) is 24.8. The molecule has 0 aliphatic heterocycles. The van der Waals surface area contributed by atoms with E-state index in [0.717, 1.165) is 30.4 Å². The highest BCUT2D eigenvalue weighted by atomic mass is 16.7. The fourth-order valence-electron chi connectivity index (χ4n) is 3.73. The van der Waals surface area contributed by atoms with Crippen LogP contribution in [-0.2, 0) is 22.3 Å². The van der Waals surface area contributed by atoms with Gasteiger partial charge >= 0.3 is 12.3 Å². The Balaban J connectivity index is 2.04. The zero-order valence-electron chi connectivity index (χ0n) is 19.0. The average Bonchev–Trinajstić information content (AvgIpc) is 2.73. The Labute approximate surface area is 183 Å². The molecule has 0 saturated carbocycles. The molecule has 0 radical (unpaired) electrons. The van der Waals surface area contributed by atoms with Gasteiger partial charge in [0.1, 0.15) is 11.5 Å². The van der Waals surface area contributed by atoms with Gasteiger partial charge in [0.05, 0.1) is 13.2 Å². The summed E-state index contributed by atoms with van der Waals surface area (Å²) in [5, 5.41) is 1.42. The summed E-state index contributed by atoms with van der Waals surface area (Å²) in [6.07, 6.45) is 0.976. The minimum Gasteiger partial charge on any atom is -0.434 e. The van der Waals surface area contributed by atoms with E-state index in [1.807, 2.05) is 52.0 Å². The van der Waals surface area contributed by atoms with Crippen LogP contribution in [0.15, 0.2) is 24.3 Å². The van der Waals surface area contributed by atoms with Crippen molar-refractivity contribution in [1.82, 2.24) is 0 Å². The van der Waals surface area contributed by atoms with Crippen LogP contribution >= 0.6 is 0 Å². The molecule has 31 heavy (non-hydrogen) atoms. The summed E-state index contributed by atoms with van der Waals surface area (Å²) in [6, 6.07) is 7.47. The van der Waals surface area contributed by atoms with Crippen LogP contribution in [0.5, 0.6) is 11.5 Å². The van der Waals surface area contributed by atoms with Gasteiger partial charge < -0.3 is 18.9 Å². The summed E-state index contributed by atoms with van der Waals surface area (Å²) in [6.45, 7) is 10.6. The molecule has 1 aliphatic rings. The number of ether oxygens (including phenoxy) is 4. The third-order valence-corrected chi connectivity index (χ3v) is 5.21. The molecule has 2 aromatic rings. The van der Waals surface area contributed by atoms with Crippen LogP contribution in [0.2, 0.25) is 0 Å². The van der Waals surface area contributed by atoms with E-state index < -0.39 is 12.3 Å². The maximum Gasteiger partial charge on any atom is 0.513 e. The minimum atomic E-state index is -0.718. The van der Waals surface area contributed by atoms with Gasteiger partial charge in [-0.1, -0.05) is 58.9 Å². The molecule has 0 heterocycles. The molecule has 2 aromatic carbocycles.